The first-order valence-corrected chi connectivity index (χ1v) is 19.9. The molecular weight excluding hydrogens is 812 g/mol. The fourth-order valence-corrected chi connectivity index (χ4v) is 7.22. The zero-order valence-electron chi connectivity index (χ0n) is 35.6. The van der Waals surface area contributed by atoms with E-state index in [0.29, 0.717) is 24.6 Å². The fraction of sp³-hybridized carbons (Fsp3) is 0.280. The predicted molar refractivity (Wildman–Crippen MR) is 242 cm³/mol. The van der Waals surface area contributed by atoms with Gasteiger partial charge in [-0.15, -0.1) is 0 Å². The number of aromatic nitrogens is 2. The minimum atomic E-state index is -0.500. The van der Waals surface area contributed by atoms with Gasteiger partial charge in [0.25, 0.3) is 0 Å². The number of likely N-dealkylation sites (N-methyl/N-ethyl adjacent to an activating group) is 2. The Hall–Kier alpha value is -4.76. The molecule has 8 rings (SSSR count). The van der Waals surface area contributed by atoms with Crippen molar-refractivity contribution in [2.24, 2.45) is 0 Å². The molecule has 4 N–H and O–H groups in total. The summed E-state index contributed by atoms with van der Waals surface area (Å²) in [6.07, 6.45) is 0. The number of aliphatic hydroxyl groups is 2. The molecule has 0 saturated carbocycles. The molecule has 0 unspecified atom stereocenters. The summed E-state index contributed by atoms with van der Waals surface area (Å²) in [6, 6.07) is 45.5. The van der Waals surface area contributed by atoms with Crippen LogP contribution in [-0.4, -0.2) is 77.7 Å². The van der Waals surface area contributed by atoms with Crippen LogP contribution in [0.25, 0.3) is 55.0 Å². The number of para-hydroxylation sites is 6. The number of benzene rings is 6. The van der Waals surface area contributed by atoms with Crippen molar-refractivity contribution in [3.63, 3.8) is 0 Å². The largest absolute Gasteiger partial charge is 0.505 e. The summed E-state index contributed by atoms with van der Waals surface area (Å²) < 4.78 is 4.33. The van der Waals surface area contributed by atoms with E-state index >= 15 is 0 Å². The second-order valence-corrected chi connectivity index (χ2v) is 17.1. The van der Waals surface area contributed by atoms with E-state index in [1.54, 1.807) is 41.5 Å². The molecule has 9 heteroatoms. The van der Waals surface area contributed by atoms with Gasteiger partial charge in [0, 0.05) is 85.1 Å². The summed E-state index contributed by atoms with van der Waals surface area (Å²) in [5, 5.41) is 44.9. The Morgan fingerprint density at radius 1 is 0.424 bits per heavy atom. The van der Waals surface area contributed by atoms with E-state index in [9.17, 15) is 10.2 Å². The molecule has 0 atom stereocenters. The third kappa shape index (κ3) is 11.1. The zero-order chi connectivity index (χ0) is 41.8. The van der Waals surface area contributed by atoms with Crippen molar-refractivity contribution in [2.75, 3.05) is 27.2 Å². The van der Waals surface area contributed by atoms with Crippen LogP contribution in [0.15, 0.2) is 133 Å². The molecule has 8 aromatic rings. The Morgan fingerprint density at radius 2 is 0.678 bits per heavy atom. The maximum atomic E-state index is 11.6. The maximum absolute atomic E-state index is 11.6. The Morgan fingerprint density at radius 3 is 0.949 bits per heavy atom. The number of hydrogen-bond donors (Lipinski definition) is 4. The molecule has 2 aromatic heterocycles. The van der Waals surface area contributed by atoms with Crippen molar-refractivity contribution in [3.8, 4) is 22.9 Å². The summed E-state index contributed by atoms with van der Waals surface area (Å²) >= 11 is 0. The Labute approximate surface area is 367 Å². The molecule has 0 radical (unpaired) electrons. The predicted octanol–water partition coefficient (Wildman–Crippen LogP) is 10.4. The van der Waals surface area contributed by atoms with Crippen molar-refractivity contribution in [3.05, 3.63) is 145 Å². The second-order valence-electron chi connectivity index (χ2n) is 17.1. The number of rotatable bonds is 9. The number of fused-ring (bicyclic) bond motifs is 6. The molecular formula is C50H58N4O4Zr. The van der Waals surface area contributed by atoms with Crippen LogP contribution in [0.2, 0.25) is 0 Å². The monoisotopic (exact) mass is 868 g/mol. The molecule has 59 heavy (non-hydrogen) atoms. The number of phenols is 2. The maximum Gasteiger partial charge on any atom is 0.144 e. The van der Waals surface area contributed by atoms with Crippen LogP contribution in [0, 0.1) is 0 Å². The van der Waals surface area contributed by atoms with Gasteiger partial charge < -0.3 is 39.4 Å². The Bertz CT molecular complexity index is 2350. The fourth-order valence-electron chi connectivity index (χ4n) is 7.22. The van der Waals surface area contributed by atoms with Gasteiger partial charge in [0.1, 0.15) is 11.5 Å². The van der Waals surface area contributed by atoms with Crippen LogP contribution in [-0.2, 0) is 39.3 Å². The van der Waals surface area contributed by atoms with E-state index in [0.717, 1.165) is 57.7 Å². The topological polar surface area (TPSA) is 97.3 Å². The third-order valence-corrected chi connectivity index (χ3v) is 9.58. The first-order valence-electron chi connectivity index (χ1n) is 19.9. The van der Waals surface area contributed by atoms with Crippen LogP contribution < -0.4 is 0 Å². The van der Waals surface area contributed by atoms with Crippen molar-refractivity contribution < 1.29 is 46.6 Å². The second kappa shape index (κ2) is 19.1. The Balaban J connectivity index is 0.000000541. The first-order chi connectivity index (χ1) is 27.5. The standard InChI is InChI=1S/C42H38N4O2.2C4H10O.Zr/c1-43(27-29-13-11-23-39(41(29)47)45-35-19-7-3-15-31(35)32-16-4-8-20-36(32)45)25-26-44(2)28-30-14-12-24-40(42(30)48)46-37-21-9-5-17-33(37)34-18-6-10-22-38(34)46;2*1-4(2,3)5;/h3-24,47-48H,25-28H2,1-2H3;2*5H,1-3H3;. The number of nitrogens with zero attached hydrogens (tertiary/aromatic N) is 4. The molecule has 0 amide bonds. The van der Waals surface area contributed by atoms with E-state index in [1.165, 1.54) is 21.5 Å². The van der Waals surface area contributed by atoms with Gasteiger partial charge in [-0.25, -0.2) is 0 Å². The molecule has 0 fully saturated rings. The van der Waals surface area contributed by atoms with E-state index in [1.807, 2.05) is 60.7 Å². The quantitative estimate of drug-likeness (QED) is 0.115. The molecule has 306 valence electrons. The molecule has 0 bridgehead atoms. The van der Waals surface area contributed by atoms with Gasteiger partial charge in [-0.3, -0.25) is 0 Å². The van der Waals surface area contributed by atoms with Crippen LogP contribution in [0.5, 0.6) is 11.5 Å². The molecule has 6 aromatic carbocycles. The summed E-state index contributed by atoms with van der Waals surface area (Å²) in [6.45, 7) is 13.3. The summed E-state index contributed by atoms with van der Waals surface area (Å²) in [4.78, 5) is 4.46. The van der Waals surface area contributed by atoms with Gasteiger partial charge in [0.05, 0.1) is 44.6 Å². The molecule has 2 heterocycles. The van der Waals surface area contributed by atoms with E-state index in [2.05, 4.69) is 106 Å². The van der Waals surface area contributed by atoms with Crippen LogP contribution in [0.4, 0.5) is 0 Å². The SMILES string of the molecule is CC(C)(C)O.CC(C)(C)O.CN(CCN(C)Cc1cccc(-n2c3ccccc3c3ccccc32)c1O)Cc1cccc(-n2c3ccccc3c3ccccc32)c1O.[Zr]. The summed E-state index contributed by atoms with van der Waals surface area (Å²) in [7, 11) is 4.17. The zero-order valence-corrected chi connectivity index (χ0v) is 38.1. The molecule has 0 aliphatic rings. The molecule has 0 spiro atoms. The van der Waals surface area contributed by atoms with Gasteiger partial charge in [-0.1, -0.05) is 97.1 Å². The molecule has 0 aliphatic carbocycles. The number of aromatic hydroxyl groups is 2. The first kappa shape index (κ1) is 45.3. The van der Waals surface area contributed by atoms with Crippen LogP contribution in [0.3, 0.4) is 0 Å². The van der Waals surface area contributed by atoms with Crippen molar-refractivity contribution in [1.82, 2.24) is 18.9 Å². The third-order valence-electron chi connectivity index (χ3n) is 9.58. The van der Waals surface area contributed by atoms with Gasteiger partial charge in [0.15, 0.2) is 0 Å². The minimum absolute atomic E-state index is 0. The minimum Gasteiger partial charge on any atom is -0.505 e. The van der Waals surface area contributed by atoms with Crippen LogP contribution in [0.1, 0.15) is 52.7 Å². The van der Waals surface area contributed by atoms with Gasteiger partial charge in [-0.2, -0.15) is 0 Å². The average Bonchev–Trinajstić information content (AvgIpc) is 3.68. The number of phenolic OH excluding ortho intramolecular Hbond substituents is 2. The van der Waals surface area contributed by atoms with Crippen molar-refractivity contribution in [1.29, 1.82) is 0 Å². The average molecular weight is 870 g/mol. The smallest absolute Gasteiger partial charge is 0.144 e. The number of hydrogen-bond acceptors (Lipinski definition) is 6. The van der Waals surface area contributed by atoms with Gasteiger partial charge in [0.2, 0.25) is 0 Å². The normalized spacial score (nSPS) is 11.8. The van der Waals surface area contributed by atoms with E-state index in [-0.39, 0.29) is 26.2 Å². The summed E-state index contributed by atoms with van der Waals surface area (Å²) in [5.74, 6) is 0.604. The summed E-state index contributed by atoms with van der Waals surface area (Å²) in [5.41, 5.74) is 6.64. The molecule has 0 saturated heterocycles. The van der Waals surface area contributed by atoms with Gasteiger partial charge in [-0.05, 0) is 92.0 Å². The Kier molecular flexibility index (Phi) is 14.7. The molecule has 0 aliphatic heterocycles. The van der Waals surface area contributed by atoms with Crippen LogP contribution >= 0.6 is 0 Å². The van der Waals surface area contributed by atoms with Crippen molar-refractivity contribution >= 4 is 43.6 Å². The van der Waals surface area contributed by atoms with Gasteiger partial charge >= 0.3 is 0 Å². The van der Waals surface area contributed by atoms with E-state index in [4.69, 9.17) is 10.2 Å². The van der Waals surface area contributed by atoms with Crippen molar-refractivity contribution in [2.45, 2.75) is 65.8 Å². The van der Waals surface area contributed by atoms with E-state index < -0.39 is 11.2 Å². The molecule has 8 nitrogen and oxygen atoms in total.